The number of benzene rings is 7. The van der Waals surface area contributed by atoms with E-state index >= 15 is 0 Å². The van der Waals surface area contributed by atoms with Gasteiger partial charge in [0.2, 0.25) is 5.90 Å². The third kappa shape index (κ3) is 6.37. The molecule has 2 aliphatic rings. The van der Waals surface area contributed by atoms with Crippen molar-refractivity contribution in [3.05, 3.63) is 216 Å². The minimum atomic E-state index is -0.230. The Morgan fingerprint density at radius 2 is 1.03 bits per heavy atom. The Morgan fingerprint density at radius 3 is 1.68 bits per heavy atom. The Labute approximate surface area is 342 Å². The summed E-state index contributed by atoms with van der Waals surface area (Å²) in [6.45, 7) is 0. The van der Waals surface area contributed by atoms with Crippen LogP contribution < -0.4 is 15.5 Å². The van der Waals surface area contributed by atoms with Crippen LogP contribution in [0.15, 0.2) is 205 Å². The van der Waals surface area contributed by atoms with Crippen LogP contribution in [0.1, 0.15) is 5.56 Å². The van der Waals surface area contributed by atoms with Gasteiger partial charge in [-0.25, -0.2) is 15.0 Å². The van der Waals surface area contributed by atoms with Crippen LogP contribution in [0, 0.1) is 0 Å². The molecule has 0 radical (unpaired) electrons. The molecule has 7 aromatic carbocycles. The minimum Gasteiger partial charge on any atom is -0.467 e. The quantitative estimate of drug-likeness (QED) is 0.155. The molecule has 0 fully saturated rings. The minimum absolute atomic E-state index is 0.186. The van der Waals surface area contributed by atoms with E-state index in [1.54, 1.807) is 0 Å². The van der Waals surface area contributed by atoms with E-state index in [1.807, 2.05) is 66.7 Å². The first-order valence-corrected chi connectivity index (χ1v) is 19.9. The lowest BCUT2D eigenvalue weighted by Gasteiger charge is -2.25. The molecule has 1 aliphatic carbocycles. The number of anilines is 3. The van der Waals surface area contributed by atoms with E-state index in [4.69, 9.17) is 19.7 Å². The molecule has 59 heavy (non-hydrogen) atoms. The first kappa shape index (κ1) is 34.4. The van der Waals surface area contributed by atoms with Gasteiger partial charge in [-0.05, 0) is 83.9 Å². The lowest BCUT2D eigenvalue weighted by Crippen LogP contribution is -2.38. The Bertz CT molecular complexity index is 3020. The smallest absolute Gasteiger partial charge is 0.217 e. The number of para-hydroxylation sites is 2. The van der Waals surface area contributed by atoms with E-state index in [0.29, 0.717) is 11.7 Å². The van der Waals surface area contributed by atoms with Crippen molar-refractivity contribution in [1.82, 2.24) is 14.5 Å². The van der Waals surface area contributed by atoms with Crippen LogP contribution in [0.25, 0.3) is 62.6 Å². The molecule has 3 heterocycles. The third-order valence-electron chi connectivity index (χ3n) is 11.1. The van der Waals surface area contributed by atoms with Gasteiger partial charge in [-0.1, -0.05) is 133 Å². The molecular weight excluding hydrogens is 723 g/mol. The lowest BCUT2D eigenvalue weighted by atomic mass is 10.0. The Hall–Kier alpha value is -7.83. The average Bonchev–Trinajstić information content (AvgIpc) is 3.88. The lowest BCUT2D eigenvalue weighted by molar-refractivity contribution is 0.274. The summed E-state index contributed by atoms with van der Waals surface area (Å²) < 4.78 is 8.85. The Morgan fingerprint density at radius 1 is 0.475 bits per heavy atom. The fourth-order valence-corrected chi connectivity index (χ4v) is 8.28. The Balaban J connectivity index is 1.08. The topological polar surface area (TPSA) is 55.5 Å². The van der Waals surface area contributed by atoms with Crippen LogP contribution in [-0.4, -0.2) is 32.6 Å². The van der Waals surface area contributed by atoms with Crippen LogP contribution >= 0.6 is 0 Å². The maximum Gasteiger partial charge on any atom is 0.217 e. The molecule has 6 heteroatoms. The first-order chi connectivity index (χ1) is 29.2. The number of ether oxygens (including phenoxy) is 1. The van der Waals surface area contributed by atoms with E-state index in [1.165, 1.54) is 0 Å². The van der Waals surface area contributed by atoms with Gasteiger partial charge < -0.3 is 9.64 Å². The van der Waals surface area contributed by atoms with Crippen LogP contribution in [0.5, 0.6) is 0 Å². The molecule has 2 atom stereocenters. The third-order valence-corrected chi connectivity index (χ3v) is 11.1. The monoisotopic (exact) mass is 759 g/mol. The summed E-state index contributed by atoms with van der Waals surface area (Å²) in [5.74, 6) is 2.12. The second-order valence-corrected chi connectivity index (χ2v) is 14.8. The van der Waals surface area contributed by atoms with Crippen molar-refractivity contribution < 1.29 is 4.74 Å². The van der Waals surface area contributed by atoms with Crippen LogP contribution in [0.3, 0.4) is 0 Å². The molecular formula is C53H37N5O. The highest BCUT2D eigenvalue weighted by atomic mass is 16.5. The standard InChI is InChI=1S/C53H37N5O/c1-6-16-37(17-7-1)46-35-51(56-52(54-46)38-18-8-2-9-19-38)58-48-31-28-40(32-44(48)45-33-50-47(34-49(45)58)55-53(59-50)39-20-10-3-11-21-39)36-26-29-43(30-27-36)57(41-22-12-4-13-23-41)42-24-14-5-15-25-42/h1-35,47,50H. The molecule has 6 nitrogen and oxygen atoms in total. The zero-order valence-electron chi connectivity index (χ0n) is 32.0. The molecule has 0 saturated carbocycles. The number of hydrogen-bond acceptors (Lipinski definition) is 5. The van der Waals surface area contributed by atoms with Crippen LogP contribution in [0.4, 0.5) is 17.1 Å². The first-order valence-electron chi connectivity index (χ1n) is 19.9. The molecule has 0 amide bonds. The zero-order valence-corrected chi connectivity index (χ0v) is 32.0. The molecule has 280 valence electrons. The van der Waals surface area contributed by atoms with E-state index in [9.17, 15) is 0 Å². The number of hydrogen-bond donors (Lipinski definition) is 0. The largest absolute Gasteiger partial charge is 0.467 e. The van der Waals surface area contributed by atoms with Gasteiger partial charge in [-0.3, -0.25) is 4.57 Å². The number of fused-ring (bicyclic) bond motifs is 4. The van der Waals surface area contributed by atoms with Gasteiger partial charge in [0.15, 0.2) is 5.82 Å². The average molecular weight is 760 g/mol. The fraction of sp³-hybridized carbons (Fsp3) is 0.0377. The second kappa shape index (κ2) is 14.6. The maximum absolute atomic E-state index is 6.57. The molecule has 9 aromatic rings. The van der Waals surface area contributed by atoms with Gasteiger partial charge in [0.25, 0.3) is 0 Å². The van der Waals surface area contributed by atoms with Gasteiger partial charge in [0.1, 0.15) is 18.0 Å². The van der Waals surface area contributed by atoms with Gasteiger partial charge >= 0.3 is 0 Å². The van der Waals surface area contributed by atoms with Crippen molar-refractivity contribution in [2.45, 2.75) is 12.1 Å². The molecule has 0 saturated heterocycles. The summed E-state index contributed by atoms with van der Waals surface area (Å²) in [4.78, 5) is 17.8. The summed E-state index contributed by atoms with van der Waals surface area (Å²) in [6, 6.07) is 69.2. The highest BCUT2D eigenvalue weighted by molar-refractivity contribution is 5.97. The van der Waals surface area contributed by atoms with Crippen molar-refractivity contribution in [2.75, 3.05) is 4.90 Å². The normalized spacial score (nSPS) is 15.3. The van der Waals surface area contributed by atoms with Crippen molar-refractivity contribution in [1.29, 1.82) is 0 Å². The fourth-order valence-electron chi connectivity index (χ4n) is 8.28. The number of rotatable bonds is 8. The van der Waals surface area contributed by atoms with Gasteiger partial charge in [-0.2, -0.15) is 0 Å². The van der Waals surface area contributed by atoms with Gasteiger partial charge in [0, 0.05) is 50.4 Å². The van der Waals surface area contributed by atoms with E-state index in [-0.39, 0.29) is 12.1 Å². The molecule has 0 spiro atoms. The maximum atomic E-state index is 6.57. The van der Waals surface area contributed by atoms with Crippen LogP contribution in [0.2, 0.25) is 0 Å². The number of aromatic nitrogens is 3. The SMILES string of the molecule is C1=c2c(n(-c3cc(-c4ccccc4)nc(-c4ccccc4)n3)c3ccc(-c4ccc(N(c5ccccc5)c5ccccc5)cc4)cc23)=CC2N=C(c3ccccc3)OC12. The highest BCUT2D eigenvalue weighted by Gasteiger charge is 2.32. The predicted octanol–water partition coefficient (Wildman–Crippen LogP) is 10.7. The molecule has 0 N–H and O–H groups in total. The molecule has 2 aromatic heterocycles. The van der Waals surface area contributed by atoms with Crippen molar-refractivity contribution in [2.24, 2.45) is 4.99 Å². The van der Waals surface area contributed by atoms with E-state index in [2.05, 4.69) is 155 Å². The van der Waals surface area contributed by atoms with Crippen molar-refractivity contribution in [3.63, 3.8) is 0 Å². The summed E-state index contributed by atoms with van der Waals surface area (Å²) in [7, 11) is 0. The summed E-state index contributed by atoms with van der Waals surface area (Å²) >= 11 is 0. The highest BCUT2D eigenvalue weighted by Crippen LogP contribution is 2.36. The van der Waals surface area contributed by atoms with E-state index in [0.717, 1.165) is 77.9 Å². The van der Waals surface area contributed by atoms with Gasteiger partial charge in [-0.15, -0.1) is 0 Å². The van der Waals surface area contributed by atoms with Crippen molar-refractivity contribution in [3.8, 4) is 39.6 Å². The number of nitrogens with zero attached hydrogens (tertiary/aromatic N) is 5. The summed E-state index contributed by atoms with van der Waals surface area (Å²) in [5, 5.41) is 3.25. The molecule has 0 bridgehead atoms. The van der Waals surface area contributed by atoms with E-state index < -0.39 is 0 Å². The number of aliphatic imine (C=N–C) groups is 1. The molecule has 11 rings (SSSR count). The second-order valence-electron chi connectivity index (χ2n) is 14.8. The summed E-state index contributed by atoms with van der Waals surface area (Å²) in [5.41, 5.74) is 10.4. The molecule has 1 aliphatic heterocycles. The summed E-state index contributed by atoms with van der Waals surface area (Å²) in [6.07, 6.45) is 4.27. The van der Waals surface area contributed by atoms with Crippen molar-refractivity contribution >= 4 is 46.0 Å². The zero-order chi connectivity index (χ0) is 39.1. The van der Waals surface area contributed by atoms with Gasteiger partial charge in [0.05, 0.1) is 16.6 Å². The molecule has 2 unspecified atom stereocenters. The predicted molar refractivity (Wildman–Crippen MR) is 240 cm³/mol. The Kier molecular flexibility index (Phi) is 8.51. The van der Waals surface area contributed by atoms with Crippen LogP contribution in [-0.2, 0) is 4.74 Å².